The van der Waals surface area contributed by atoms with Gasteiger partial charge < -0.3 is 0 Å². The average molecular weight is 489 g/mol. The van der Waals surface area contributed by atoms with Crippen molar-refractivity contribution in [2.24, 2.45) is 0 Å². The Morgan fingerprint density at radius 2 is 0.763 bits per heavy atom. The van der Waals surface area contributed by atoms with Crippen LogP contribution in [0.25, 0.3) is 0 Å². The van der Waals surface area contributed by atoms with Crippen LogP contribution in [0.2, 0.25) is 0 Å². The van der Waals surface area contributed by atoms with E-state index in [0.717, 1.165) is 44.5 Å². The van der Waals surface area contributed by atoms with Crippen molar-refractivity contribution in [2.75, 3.05) is 0 Å². The number of allylic oxidation sites excluding steroid dienone is 8. The van der Waals surface area contributed by atoms with Gasteiger partial charge in [-0.15, -0.1) is 0 Å². The zero-order chi connectivity index (χ0) is 26.6. The highest BCUT2D eigenvalue weighted by Crippen LogP contribution is 2.62. The molecule has 0 fully saturated rings. The first-order valence-electron chi connectivity index (χ1n) is 12.9. The van der Waals surface area contributed by atoms with Gasteiger partial charge in [-0.2, -0.15) is 0 Å². The molecule has 0 heterocycles. The van der Waals surface area contributed by atoms with Crippen LogP contribution in [0.4, 0.5) is 0 Å². The monoisotopic (exact) mass is 488 g/mol. The Hall–Kier alpha value is -4.68. The molecule has 0 amide bonds. The lowest BCUT2D eigenvalue weighted by molar-refractivity contribution is 0.606. The largest absolute Gasteiger partial charge is 0.0991 e. The quantitative estimate of drug-likeness (QED) is 0.243. The molecule has 0 aromatic heterocycles. The minimum atomic E-state index is -0.671. The smallest absolute Gasteiger partial charge is 0.0707 e. The normalized spacial score (nSPS) is 17.2. The van der Waals surface area contributed by atoms with E-state index in [1.807, 2.05) is 18.2 Å². The van der Waals surface area contributed by atoms with Crippen molar-refractivity contribution in [3.8, 4) is 0 Å². The second kappa shape index (κ2) is 10.4. The maximum atomic E-state index is 4.90. The molecule has 0 bridgehead atoms. The Morgan fingerprint density at radius 1 is 0.447 bits per heavy atom. The Kier molecular flexibility index (Phi) is 6.81. The van der Waals surface area contributed by atoms with E-state index in [1.54, 1.807) is 0 Å². The van der Waals surface area contributed by atoms with E-state index in [-0.39, 0.29) is 0 Å². The summed E-state index contributed by atoms with van der Waals surface area (Å²) in [5.41, 5.74) is 7.45. The second-order valence-corrected chi connectivity index (χ2v) is 9.49. The van der Waals surface area contributed by atoms with E-state index >= 15 is 0 Å². The van der Waals surface area contributed by atoms with Crippen molar-refractivity contribution >= 4 is 0 Å². The van der Waals surface area contributed by atoms with Gasteiger partial charge in [-0.05, 0) is 44.5 Å². The Labute approximate surface area is 227 Å². The van der Waals surface area contributed by atoms with Crippen molar-refractivity contribution < 1.29 is 0 Å². The molecule has 0 heteroatoms. The molecule has 0 nitrogen and oxygen atoms in total. The molecule has 0 saturated heterocycles. The van der Waals surface area contributed by atoms with Gasteiger partial charge in [-0.1, -0.05) is 172 Å². The molecule has 5 rings (SSSR count). The van der Waals surface area contributed by atoms with E-state index in [2.05, 4.69) is 147 Å². The van der Waals surface area contributed by atoms with E-state index in [1.165, 1.54) is 0 Å². The molecule has 1 aliphatic carbocycles. The van der Waals surface area contributed by atoms with Crippen molar-refractivity contribution in [1.82, 2.24) is 0 Å². The molecule has 0 radical (unpaired) electrons. The third-order valence-electron chi connectivity index (χ3n) is 7.80. The fourth-order valence-electron chi connectivity index (χ4n) is 6.38. The Balaban J connectivity index is 2.08. The molecular formula is C38H32. The first-order valence-corrected chi connectivity index (χ1v) is 12.9. The van der Waals surface area contributed by atoms with Crippen LogP contribution in [-0.2, 0) is 10.8 Å². The lowest BCUT2D eigenvalue weighted by Gasteiger charge is -2.52. The Morgan fingerprint density at radius 3 is 1.08 bits per heavy atom. The van der Waals surface area contributed by atoms with Crippen LogP contribution in [0.1, 0.15) is 22.3 Å². The van der Waals surface area contributed by atoms with Gasteiger partial charge in [0, 0.05) is 0 Å². The number of hydrogen-bond acceptors (Lipinski definition) is 0. The van der Waals surface area contributed by atoms with Gasteiger partial charge >= 0.3 is 0 Å². The third-order valence-corrected chi connectivity index (χ3v) is 7.80. The molecule has 0 spiro atoms. The third kappa shape index (κ3) is 3.53. The van der Waals surface area contributed by atoms with Gasteiger partial charge in [-0.3, -0.25) is 0 Å². The van der Waals surface area contributed by atoms with Gasteiger partial charge in [0.2, 0.25) is 0 Å². The van der Waals surface area contributed by atoms with Gasteiger partial charge in [0.05, 0.1) is 10.8 Å². The van der Waals surface area contributed by atoms with Crippen molar-refractivity contribution in [3.63, 3.8) is 0 Å². The summed E-state index contributed by atoms with van der Waals surface area (Å²) in [5, 5.41) is 0. The summed E-state index contributed by atoms with van der Waals surface area (Å²) in [6.07, 6.45) is 8.03. The van der Waals surface area contributed by atoms with E-state index in [4.69, 9.17) is 6.58 Å². The number of rotatable bonds is 7. The summed E-state index contributed by atoms with van der Waals surface area (Å²) < 4.78 is 0. The predicted octanol–water partition coefficient (Wildman–Crippen LogP) is 9.31. The number of hydrogen-bond donors (Lipinski definition) is 0. The minimum Gasteiger partial charge on any atom is -0.0991 e. The van der Waals surface area contributed by atoms with Crippen LogP contribution in [-0.4, -0.2) is 0 Å². The molecular weight excluding hydrogens is 456 g/mol. The van der Waals surface area contributed by atoms with Crippen LogP contribution in [0.15, 0.2) is 194 Å². The maximum Gasteiger partial charge on any atom is 0.0707 e. The molecule has 0 saturated carbocycles. The van der Waals surface area contributed by atoms with Crippen LogP contribution < -0.4 is 0 Å². The fourth-order valence-corrected chi connectivity index (χ4v) is 6.38. The average Bonchev–Trinajstić information content (AvgIpc) is 2.99. The predicted molar refractivity (Wildman–Crippen MR) is 162 cm³/mol. The lowest BCUT2D eigenvalue weighted by Crippen LogP contribution is -2.46. The molecule has 0 atom stereocenters. The van der Waals surface area contributed by atoms with Crippen LogP contribution in [0.5, 0.6) is 0 Å². The zero-order valence-electron chi connectivity index (χ0n) is 21.7. The maximum absolute atomic E-state index is 4.90. The first-order chi connectivity index (χ1) is 18.7. The molecule has 0 aliphatic heterocycles. The molecule has 184 valence electrons. The van der Waals surface area contributed by atoms with Crippen LogP contribution >= 0.6 is 0 Å². The molecule has 0 unspecified atom stereocenters. The topological polar surface area (TPSA) is 0 Å². The minimum absolute atomic E-state index is 0.661. The summed E-state index contributed by atoms with van der Waals surface area (Å²) in [6, 6.07) is 42.5. The van der Waals surface area contributed by atoms with Gasteiger partial charge in [0.15, 0.2) is 0 Å². The number of benzene rings is 4. The molecule has 38 heavy (non-hydrogen) atoms. The van der Waals surface area contributed by atoms with Crippen LogP contribution in [0.3, 0.4) is 0 Å². The summed E-state index contributed by atoms with van der Waals surface area (Å²) >= 11 is 0. The van der Waals surface area contributed by atoms with E-state index in [0.29, 0.717) is 0 Å². The SMILES string of the molecule is C=C/C=C1\C(=C)C(c2ccccc2)(c2ccccc2)C(C=C)=C(C=C)C1(c1ccccc1)c1ccccc1. The molecule has 4 aromatic carbocycles. The highest BCUT2D eigenvalue weighted by Gasteiger charge is 2.54. The fraction of sp³-hybridized carbons (Fsp3) is 0.0526. The summed E-state index contributed by atoms with van der Waals surface area (Å²) in [7, 11) is 0. The van der Waals surface area contributed by atoms with E-state index < -0.39 is 10.8 Å². The highest BCUT2D eigenvalue weighted by atomic mass is 14.6. The van der Waals surface area contributed by atoms with Gasteiger partial charge in [-0.25, -0.2) is 0 Å². The van der Waals surface area contributed by atoms with Gasteiger partial charge in [0.1, 0.15) is 0 Å². The highest BCUT2D eigenvalue weighted by molar-refractivity contribution is 5.78. The summed E-state index contributed by atoms with van der Waals surface area (Å²) in [4.78, 5) is 0. The van der Waals surface area contributed by atoms with E-state index in [9.17, 15) is 0 Å². The first kappa shape index (κ1) is 25.0. The zero-order valence-corrected chi connectivity index (χ0v) is 21.7. The standard InChI is InChI=1S/C38H32/c1-5-20-36-29(4)37(30-21-12-8-13-22-30,31-23-14-9-15-24-31)34(6-2)35(7-3)38(36,32-25-16-10-17-26-32)33-27-18-11-19-28-33/h5-28H,1-4H2/b36-20+. The molecule has 4 aromatic rings. The van der Waals surface area contributed by atoms with Crippen molar-refractivity contribution in [1.29, 1.82) is 0 Å². The lowest BCUT2D eigenvalue weighted by atomic mass is 9.49. The molecule has 1 aliphatic rings. The van der Waals surface area contributed by atoms with Crippen molar-refractivity contribution in [2.45, 2.75) is 10.8 Å². The molecule has 0 N–H and O–H groups in total. The summed E-state index contributed by atoms with van der Waals surface area (Å²) in [6.45, 7) is 17.9. The Bertz CT molecular complexity index is 1450. The summed E-state index contributed by atoms with van der Waals surface area (Å²) in [5.74, 6) is 0. The van der Waals surface area contributed by atoms with Gasteiger partial charge in [0.25, 0.3) is 0 Å². The van der Waals surface area contributed by atoms with Crippen molar-refractivity contribution in [3.05, 3.63) is 216 Å². The van der Waals surface area contributed by atoms with Crippen LogP contribution in [0, 0.1) is 0 Å². The second-order valence-electron chi connectivity index (χ2n) is 9.49.